The van der Waals surface area contributed by atoms with Crippen LogP contribution in [0.3, 0.4) is 0 Å². The first kappa shape index (κ1) is 6.80. The van der Waals surface area contributed by atoms with Crippen LogP contribution in [0.2, 0.25) is 0 Å². The van der Waals surface area contributed by atoms with Crippen LogP contribution in [-0.4, -0.2) is 11.0 Å². The number of nitrogens with two attached hydrogens (primary N) is 1. The van der Waals surface area contributed by atoms with Gasteiger partial charge in [0.05, 0.1) is 0 Å². The minimum absolute atomic E-state index is 0.365. The Bertz CT molecular complexity index is 270. The van der Waals surface area contributed by atoms with E-state index in [1.165, 1.54) is 0 Å². The van der Waals surface area contributed by atoms with Crippen molar-refractivity contribution in [1.82, 2.24) is 4.98 Å². The third-order valence-electron chi connectivity index (χ3n) is 2.13. The summed E-state index contributed by atoms with van der Waals surface area (Å²) in [6.07, 6.45) is 1.11. The molecule has 0 radical (unpaired) electrons. The molecule has 0 amide bonds. The van der Waals surface area contributed by atoms with Crippen LogP contribution in [-0.2, 0) is 0 Å². The molecule has 1 aromatic rings. The summed E-state index contributed by atoms with van der Waals surface area (Å²) in [5.74, 6) is 0.537. The lowest BCUT2D eigenvalue weighted by Crippen LogP contribution is -2.02. The first-order valence-electron chi connectivity index (χ1n) is 3.96. The van der Waals surface area contributed by atoms with Crippen molar-refractivity contribution in [2.45, 2.75) is 25.3 Å². The molecular formula is C9H12N2. The van der Waals surface area contributed by atoms with Gasteiger partial charge in [0.1, 0.15) is 0 Å². The molecule has 1 aromatic heterocycles. The number of aromatic nitrogens is 1. The molecule has 58 valence electrons. The molecule has 0 aliphatic heterocycles. The second kappa shape index (κ2) is 2.31. The fourth-order valence-corrected chi connectivity index (χ4v) is 1.33. The van der Waals surface area contributed by atoms with E-state index in [1.54, 1.807) is 0 Å². The topological polar surface area (TPSA) is 38.9 Å². The second-order valence-corrected chi connectivity index (χ2v) is 3.21. The van der Waals surface area contributed by atoms with Gasteiger partial charge in [0.25, 0.3) is 0 Å². The quantitative estimate of drug-likeness (QED) is 0.650. The van der Waals surface area contributed by atoms with E-state index in [0.717, 1.165) is 17.8 Å². The monoisotopic (exact) mass is 148 g/mol. The van der Waals surface area contributed by atoms with E-state index in [1.807, 2.05) is 19.1 Å². The SMILES string of the molecule is Cc1cccc(C2CC2N)n1. The third-order valence-corrected chi connectivity index (χ3v) is 2.13. The normalized spacial score (nSPS) is 28.5. The average molecular weight is 148 g/mol. The van der Waals surface area contributed by atoms with Gasteiger partial charge in [0, 0.05) is 23.3 Å². The van der Waals surface area contributed by atoms with E-state index in [0.29, 0.717) is 12.0 Å². The lowest BCUT2D eigenvalue weighted by molar-refractivity contribution is 0.932. The van der Waals surface area contributed by atoms with Crippen LogP contribution in [0, 0.1) is 6.92 Å². The van der Waals surface area contributed by atoms with Gasteiger partial charge in [-0.15, -0.1) is 0 Å². The Morgan fingerprint density at radius 2 is 2.27 bits per heavy atom. The zero-order valence-electron chi connectivity index (χ0n) is 6.62. The van der Waals surface area contributed by atoms with Gasteiger partial charge in [-0.2, -0.15) is 0 Å². The van der Waals surface area contributed by atoms with E-state index >= 15 is 0 Å². The summed E-state index contributed by atoms with van der Waals surface area (Å²) in [7, 11) is 0. The van der Waals surface area contributed by atoms with Crippen molar-refractivity contribution < 1.29 is 0 Å². The van der Waals surface area contributed by atoms with Crippen LogP contribution in [0.25, 0.3) is 0 Å². The van der Waals surface area contributed by atoms with E-state index < -0.39 is 0 Å². The molecule has 2 N–H and O–H groups in total. The van der Waals surface area contributed by atoms with Crippen molar-refractivity contribution >= 4 is 0 Å². The highest BCUT2D eigenvalue weighted by Crippen LogP contribution is 2.37. The first-order chi connectivity index (χ1) is 5.27. The molecule has 1 aliphatic carbocycles. The zero-order chi connectivity index (χ0) is 7.84. The maximum Gasteiger partial charge on any atom is 0.0453 e. The van der Waals surface area contributed by atoms with Gasteiger partial charge in [-0.05, 0) is 25.5 Å². The molecule has 2 heteroatoms. The molecule has 0 spiro atoms. The van der Waals surface area contributed by atoms with E-state index in [4.69, 9.17) is 5.73 Å². The largest absolute Gasteiger partial charge is 0.327 e. The van der Waals surface area contributed by atoms with Crippen LogP contribution < -0.4 is 5.73 Å². The zero-order valence-corrected chi connectivity index (χ0v) is 6.62. The van der Waals surface area contributed by atoms with Gasteiger partial charge in [-0.25, -0.2) is 0 Å². The Hall–Kier alpha value is -0.890. The second-order valence-electron chi connectivity index (χ2n) is 3.21. The smallest absolute Gasteiger partial charge is 0.0453 e. The van der Waals surface area contributed by atoms with Crippen LogP contribution in [0.15, 0.2) is 18.2 Å². The molecule has 1 heterocycles. The Balaban J connectivity index is 2.25. The molecule has 0 bridgehead atoms. The van der Waals surface area contributed by atoms with Gasteiger partial charge in [-0.3, -0.25) is 4.98 Å². The van der Waals surface area contributed by atoms with Crippen molar-refractivity contribution in [3.63, 3.8) is 0 Å². The number of hydrogen-bond donors (Lipinski definition) is 1. The van der Waals surface area contributed by atoms with Gasteiger partial charge in [-0.1, -0.05) is 6.07 Å². The molecule has 1 saturated carbocycles. The fraction of sp³-hybridized carbons (Fsp3) is 0.444. The Morgan fingerprint density at radius 3 is 2.82 bits per heavy atom. The van der Waals surface area contributed by atoms with Crippen molar-refractivity contribution in [2.75, 3.05) is 0 Å². The summed E-state index contributed by atoms with van der Waals surface area (Å²) < 4.78 is 0. The Labute approximate surface area is 66.4 Å². The molecule has 0 aromatic carbocycles. The predicted molar refractivity (Wildman–Crippen MR) is 44.3 cm³/mol. The molecule has 2 rings (SSSR count). The minimum atomic E-state index is 0.365. The number of aryl methyl sites for hydroxylation is 1. The van der Waals surface area contributed by atoms with Crippen LogP contribution in [0.4, 0.5) is 0 Å². The highest BCUT2D eigenvalue weighted by Gasteiger charge is 2.35. The summed E-state index contributed by atoms with van der Waals surface area (Å²) in [6, 6.07) is 6.48. The molecule has 0 saturated heterocycles. The van der Waals surface area contributed by atoms with Crippen LogP contribution in [0.1, 0.15) is 23.7 Å². The third kappa shape index (κ3) is 1.26. The Kier molecular flexibility index (Phi) is 1.43. The summed E-state index contributed by atoms with van der Waals surface area (Å²) in [6.45, 7) is 2.01. The summed E-state index contributed by atoms with van der Waals surface area (Å²) in [4.78, 5) is 4.41. The van der Waals surface area contributed by atoms with Crippen LogP contribution >= 0.6 is 0 Å². The van der Waals surface area contributed by atoms with Gasteiger partial charge < -0.3 is 5.73 Å². The molecule has 1 fully saturated rings. The van der Waals surface area contributed by atoms with Gasteiger partial charge in [0.2, 0.25) is 0 Å². The van der Waals surface area contributed by atoms with Crippen molar-refractivity contribution in [3.8, 4) is 0 Å². The Morgan fingerprint density at radius 1 is 1.55 bits per heavy atom. The molecule has 2 nitrogen and oxygen atoms in total. The number of hydrogen-bond acceptors (Lipinski definition) is 2. The predicted octanol–water partition coefficient (Wildman–Crippen LogP) is 1.20. The highest BCUT2D eigenvalue weighted by atomic mass is 14.8. The first-order valence-corrected chi connectivity index (χ1v) is 3.96. The lowest BCUT2D eigenvalue weighted by atomic mass is 10.2. The van der Waals surface area contributed by atoms with E-state index in [-0.39, 0.29) is 0 Å². The van der Waals surface area contributed by atoms with E-state index in [2.05, 4.69) is 11.1 Å². The molecule has 2 atom stereocenters. The summed E-state index contributed by atoms with van der Waals surface area (Å²) in [5.41, 5.74) is 7.96. The molecule has 2 unspecified atom stereocenters. The van der Waals surface area contributed by atoms with Crippen molar-refractivity contribution in [3.05, 3.63) is 29.6 Å². The summed E-state index contributed by atoms with van der Waals surface area (Å²) in [5, 5.41) is 0. The number of nitrogens with zero attached hydrogens (tertiary/aromatic N) is 1. The van der Waals surface area contributed by atoms with Gasteiger partial charge in [0.15, 0.2) is 0 Å². The maximum absolute atomic E-state index is 5.71. The van der Waals surface area contributed by atoms with Gasteiger partial charge >= 0.3 is 0 Å². The molecule has 1 aliphatic rings. The van der Waals surface area contributed by atoms with Crippen LogP contribution in [0.5, 0.6) is 0 Å². The summed E-state index contributed by atoms with van der Waals surface area (Å²) >= 11 is 0. The molecule has 11 heavy (non-hydrogen) atoms. The number of pyridine rings is 1. The maximum atomic E-state index is 5.71. The number of rotatable bonds is 1. The van der Waals surface area contributed by atoms with Crippen molar-refractivity contribution in [2.24, 2.45) is 5.73 Å². The molecular weight excluding hydrogens is 136 g/mol. The standard InChI is InChI=1S/C9H12N2/c1-6-3-2-4-9(11-6)7-5-8(7)10/h2-4,7-8H,5,10H2,1H3. The average Bonchev–Trinajstić information content (AvgIpc) is 2.67. The lowest BCUT2D eigenvalue weighted by Gasteiger charge is -1.97. The van der Waals surface area contributed by atoms with E-state index in [9.17, 15) is 0 Å². The minimum Gasteiger partial charge on any atom is -0.327 e. The highest BCUT2D eigenvalue weighted by molar-refractivity contribution is 5.22. The van der Waals surface area contributed by atoms with Crippen molar-refractivity contribution in [1.29, 1.82) is 0 Å². The fourth-order valence-electron chi connectivity index (χ4n) is 1.33.